The van der Waals surface area contributed by atoms with Crippen molar-refractivity contribution in [1.82, 2.24) is 29.9 Å². The third-order valence-corrected chi connectivity index (χ3v) is 7.89. The van der Waals surface area contributed by atoms with E-state index >= 15 is 0 Å². The van der Waals surface area contributed by atoms with Gasteiger partial charge in [-0.05, 0) is 73.5 Å². The first-order valence-electron chi connectivity index (χ1n) is 11.1. The van der Waals surface area contributed by atoms with Gasteiger partial charge in [0.05, 0.1) is 5.56 Å². The van der Waals surface area contributed by atoms with E-state index in [4.69, 9.17) is 0 Å². The maximum absolute atomic E-state index is 12.8. The van der Waals surface area contributed by atoms with Crippen molar-refractivity contribution in [3.05, 3.63) is 53.7 Å². The predicted octanol–water partition coefficient (Wildman–Crippen LogP) is 4.65. The molecule has 0 amide bonds. The maximum atomic E-state index is 12.8. The summed E-state index contributed by atoms with van der Waals surface area (Å²) in [7, 11) is 1.94. The average molecular weight is 475 g/mol. The van der Waals surface area contributed by atoms with Gasteiger partial charge in [-0.1, -0.05) is 23.9 Å². The van der Waals surface area contributed by atoms with E-state index < -0.39 is 11.7 Å². The minimum atomic E-state index is -4.27. The highest BCUT2D eigenvalue weighted by atomic mass is 32.2. The molecule has 5 rings (SSSR count). The van der Waals surface area contributed by atoms with E-state index in [-0.39, 0.29) is 5.41 Å². The number of likely N-dealkylation sites (tertiary alicyclic amines) is 1. The Morgan fingerprint density at radius 3 is 2.67 bits per heavy atom. The number of benzene rings is 1. The van der Waals surface area contributed by atoms with Gasteiger partial charge in [0.1, 0.15) is 5.69 Å². The zero-order valence-electron chi connectivity index (χ0n) is 18.3. The summed E-state index contributed by atoms with van der Waals surface area (Å²) in [5.74, 6) is 2.03. The zero-order chi connectivity index (χ0) is 23.1. The molecule has 1 aromatic carbocycles. The van der Waals surface area contributed by atoms with Gasteiger partial charge in [-0.3, -0.25) is 0 Å². The Labute approximate surface area is 194 Å². The summed E-state index contributed by atoms with van der Waals surface area (Å²) < 4.78 is 40.4. The van der Waals surface area contributed by atoms with Crippen molar-refractivity contribution in [2.45, 2.75) is 36.5 Å². The summed E-state index contributed by atoms with van der Waals surface area (Å²) in [5.41, 5.74) is 1.43. The van der Waals surface area contributed by atoms with Crippen LogP contribution in [-0.4, -0.2) is 55.2 Å². The molecule has 3 aromatic rings. The molecule has 1 aliphatic heterocycles. The van der Waals surface area contributed by atoms with Crippen LogP contribution in [0.1, 0.15) is 36.3 Å². The number of halogens is 3. The number of thioether (sulfide) groups is 1. The molecule has 33 heavy (non-hydrogen) atoms. The van der Waals surface area contributed by atoms with Crippen LogP contribution >= 0.6 is 11.8 Å². The average Bonchev–Trinajstić information content (AvgIpc) is 3.15. The topological polar surface area (TPSA) is 59.7 Å². The molecular weight excluding hydrogens is 449 g/mol. The molecule has 2 aliphatic rings. The zero-order valence-corrected chi connectivity index (χ0v) is 19.1. The Bertz CT molecular complexity index is 1100. The maximum Gasteiger partial charge on any atom is 0.416 e. The van der Waals surface area contributed by atoms with Crippen LogP contribution in [0.4, 0.5) is 13.2 Å². The second-order valence-corrected chi connectivity index (χ2v) is 10.0. The van der Waals surface area contributed by atoms with Crippen molar-refractivity contribution < 1.29 is 13.2 Å². The van der Waals surface area contributed by atoms with Crippen molar-refractivity contribution in [2.24, 2.45) is 12.5 Å². The van der Waals surface area contributed by atoms with Gasteiger partial charge in [-0.25, -0.2) is 0 Å². The van der Waals surface area contributed by atoms with Crippen molar-refractivity contribution >= 4 is 11.8 Å². The lowest BCUT2D eigenvalue weighted by Gasteiger charge is -2.16. The summed E-state index contributed by atoms with van der Waals surface area (Å²) in [6.07, 6.45) is 0.596. The molecular formula is C23H25F3N6S. The smallest absolute Gasteiger partial charge is 0.304 e. The Morgan fingerprint density at radius 2 is 1.94 bits per heavy atom. The number of aromatic nitrogens is 5. The van der Waals surface area contributed by atoms with Crippen LogP contribution in [0.3, 0.4) is 0 Å². The molecule has 1 spiro atoms. The van der Waals surface area contributed by atoms with E-state index in [0.717, 1.165) is 55.4 Å². The van der Waals surface area contributed by atoms with Crippen LogP contribution in [0.25, 0.3) is 11.5 Å². The highest BCUT2D eigenvalue weighted by Crippen LogP contribution is 2.64. The van der Waals surface area contributed by atoms with Gasteiger partial charge >= 0.3 is 6.18 Å². The highest BCUT2D eigenvalue weighted by Gasteiger charge is 2.57. The van der Waals surface area contributed by atoms with Gasteiger partial charge in [-0.15, -0.1) is 15.3 Å². The van der Waals surface area contributed by atoms with E-state index in [0.29, 0.717) is 17.4 Å². The summed E-state index contributed by atoms with van der Waals surface area (Å²) >= 11 is 1.68. The van der Waals surface area contributed by atoms with E-state index in [1.807, 2.05) is 23.7 Å². The summed E-state index contributed by atoms with van der Waals surface area (Å²) in [6.45, 7) is 3.11. The first kappa shape index (κ1) is 22.3. The molecule has 2 fully saturated rings. The third-order valence-electron chi connectivity index (χ3n) is 6.78. The molecule has 2 aromatic heterocycles. The lowest BCUT2D eigenvalue weighted by molar-refractivity contribution is -0.137. The second-order valence-electron chi connectivity index (χ2n) is 8.94. The van der Waals surface area contributed by atoms with Gasteiger partial charge in [0.25, 0.3) is 0 Å². The van der Waals surface area contributed by atoms with Crippen molar-refractivity contribution in [3.63, 3.8) is 0 Å². The fourth-order valence-corrected chi connectivity index (χ4v) is 5.72. The third kappa shape index (κ3) is 4.63. The standard InChI is InChI=1S/C23H25F3N6S/c1-31-20(19-4-2-10-27-28-19)29-30-21(31)33-13-3-11-32-12-9-22(15-32)14-18(22)16-5-7-17(8-6-16)23(24,25)26/h2,4-8,10,18H,3,9,11-15H2,1H3/t18?,22-/m0/s1. The molecule has 1 saturated carbocycles. The molecule has 6 nitrogen and oxygen atoms in total. The van der Waals surface area contributed by atoms with Crippen LogP contribution in [0.5, 0.6) is 0 Å². The van der Waals surface area contributed by atoms with E-state index in [2.05, 4.69) is 25.3 Å². The van der Waals surface area contributed by atoms with Crippen LogP contribution in [0.15, 0.2) is 47.8 Å². The highest BCUT2D eigenvalue weighted by molar-refractivity contribution is 7.99. The molecule has 0 N–H and O–H groups in total. The summed E-state index contributed by atoms with van der Waals surface area (Å²) in [5, 5.41) is 17.4. The summed E-state index contributed by atoms with van der Waals surface area (Å²) in [6, 6.07) is 9.45. The van der Waals surface area contributed by atoms with E-state index in [9.17, 15) is 13.2 Å². The SMILES string of the molecule is Cn1c(SCCCN2CC[C@]3(CC3c3ccc(C(F)(F)F)cc3)C2)nnc1-c1cccnn1. The second kappa shape index (κ2) is 8.72. The Kier molecular flexibility index (Phi) is 5.90. The monoisotopic (exact) mass is 474 g/mol. The minimum absolute atomic E-state index is 0.252. The van der Waals surface area contributed by atoms with Gasteiger partial charge in [0, 0.05) is 25.5 Å². The molecule has 174 valence electrons. The van der Waals surface area contributed by atoms with Gasteiger partial charge in [0.15, 0.2) is 11.0 Å². The Hall–Kier alpha value is -2.46. The van der Waals surface area contributed by atoms with Crippen LogP contribution in [0.2, 0.25) is 0 Å². The molecule has 1 unspecified atom stereocenters. The van der Waals surface area contributed by atoms with Crippen LogP contribution in [0, 0.1) is 5.41 Å². The number of rotatable bonds is 7. The lowest BCUT2D eigenvalue weighted by Crippen LogP contribution is -2.23. The Balaban J connectivity index is 1.09. The fraction of sp³-hybridized carbons (Fsp3) is 0.478. The number of hydrogen-bond acceptors (Lipinski definition) is 6. The van der Waals surface area contributed by atoms with Crippen molar-refractivity contribution in [2.75, 3.05) is 25.4 Å². The number of alkyl halides is 3. The number of nitrogens with zero attached hydrogens (tertiary/aromatic N) is 6. The molecule has 3 heterocycles. The molecule has 1 aliphatic carbocycles. The van der Waals surface area contributed by atoms with Crippen molar-refractivity contribution in [3.8, 4) is 11.5 Å². The summed E-state index contributed by atoms with van der Waals surface area (Å²) in [4.78, 5) is 2.49. The molecule has 1 saturated heterocycles. The minimum Gasteiger partial charge on any atom is -0.304 e. The quantitative estimate of drug-likeness (QED) is 0.367. The predicted molar refractivity (Wildman–Crippen MR) is 120 cm³/mol. The first-order valence-corrected chi connectivity index (χ1v) is 12.0. The molecule has 2 atom stereocenters. The molecule has 10 heteroatoms. The van der Waals surface area contributed by atoms with Crippen LogP contribution in [-0.2, 0) is 13.2 Å². The number of hydrogen-bond donors (Lipinski definition) is 0. The molecule has 0 radical (unpaired) electrons. The van der Waals surface area contributed by atoms with Crippen molar-refractivity contribution in [1.29, 1.82) is 0 Å². The molecule has 0 bridgehead atoms. The largest absolute Gasteiger partial charge is 0.416 e. The van der Waals surface area contributed by atoms with Gasteiger partial charge < -0.3 is 9.47 Å². The lowest BCUT2D eigenvalue weighted by atomic mass is 9.97. The Morgan fingerprint density at radius 1 is 1.12 bits per heavy atom. The normalized spacial score (nSPS) is 22.8. The fourth-order valence-electron chi connectivity index (χ4n) is 4.89. The van der Waals surface area contributed by atoms with E-state index in [1.54, 1.807) is 30.1 Å². The first-order chi connectivity index (χ1) is 15.9. The van der Waals surface area contributed by atoms with Gasteiger partial charge in [0.2, 0.25) is 0 Å². The van der Waals surface area contributed by atoms with Crippen LogP contribution < -0.4 is 0 Å². The van der Waals surface area contributed by atoms with Gasteiger partial charge in [-0.2, -0.15) is 18.3 Å². The van der Waals surface area contributed by atoms with E-state index in [1.165, 1.54) is 12.1 Å².